The summed E-state index contributed by atoms with van der Waals surface area (Å²) in [5.41, 5.74) is 8.06. The number of rotatable bonds is 1. The molecule has 0 spiro atoms. The van der Waals surface area contributed by atoms with E-state index in [9.17, 15) is 0 Å². The Kier molecular flexibility index (Phi) is 3.55. The standard InChI is InChI=1S/C17H24N2S2/c1-16(2,3)13-7-6-12(20-13)15-19-11-9-17(4,5)8-10(18)14(11)21-15/h6-7,10H,8-9,18H2,1-5H3. The van der Waals surface area contributed by atoms with Crippen molar-refractivity contribution in [2.24, 2.45) is 11.1 Å². The van der Waals surface area contributed by atoms with Crippen molar-refractivity contribution < 1.29 is 0 Å². The number of nitrogens with zero attached hydrogens (tertiary/aromatic N) is 1. The molecular weight excluding hydrogens is 296 g/mol. The highest BCUT2D eigenvalue weighted by molar-refractivity contribution is 7.22. The highest BCUT2D eigenvalue weighted by Crippen LogP contribution is 2.45. The first-order chi connectivity index (χ1) is 9.66. The van der Waals surface area contributed by atoms with Gasteiger partial charge in [-0.1, -0.05) is 34.6 Å². The minimum Gasteiger partial charge on any atom is -0.323 e. The maximum Gasteiger partial charge on any atom is 0.133 e. The molecule has 4 heteroatoms. The van der Waals surface area contributed by atoms with Gasteiger partial charge in [0, 0.05) is 15.8 Å². The van der Waals surface area contributed by atoms with Gasteiger partial charge in [-0.05, 0) is 35.8 Å². The van der Waals surface area contributed by atoms with Gasteiger partial charge in [0.15, 0.2) is 0 Å². The SMILES string of the molecule is CC1(C)Cc2nc(-c3ccc(C(C)(C)C)s3)sc2C(N)C1. The van der Waals surface area contributed by atoms with Gasteiger partial charge in [-0.2, -0.15) is 0 Å². The fraction of sp³-hybridized carbons (Fsp3) is 0.588. The molecule has 1 aliphatic rings. The second kappa shape index (κ2) is 4.90. The van der Waals surface area contributed by atoms with Crippen molar-refractivity contribution >= 4 is 22.7 Å². The lowest BCUT2D eigenvalue weighted by Crippen LogP contribution is -2.28. The molecule has 0 bridgehead atoms. The van der Waals surface area contributed by atoms with Gasteiger partial charge >= 0.3 is 0 Å². The van der Waals surface area contributed by atoms with Crippen molar-refractivity contribution in [2.75, 3.05) is 0 Å². The van der Waals surface area contributed by atoms with E-state index in [2.05, 4.69) is 46.8 Å². The van der Waals surface area contributed by atoms with Crippen LogP contribution in [0.15, 0.2) is 12.1 Å². The van der Waals surface area contributed by atoms with Gasteiger partial charge < -0.3 is 5.73 Å². The second-order valence-corrected chi connectivity index (χ2v) is 10.0. The molecule has 114 valence electrons. The molecule has 3 rings (SSSR count). The molecule has 2 heterocycles. The lowest BCUT2D eigenvalue weighted by Gasteiger charge is -2.32. The van der Waals surface area contributed by atoms with Gasteiger partial charge in [-0.25, -0.2) is 4.98 Å². The highest BCUT2D eigenvalue weighted by atomic mass is 32.1. The summed E-state index contributed by atoms with van der Waals surface area (Å²) in [7, 11) is 0. The first-order valence-corrected chi connectivity index (χ1v) is 9.15. The van der Waals surface area contributed by atoms with Crippen LogP contribution < -0.4 is 5.73 Å². The summed E-state index contributed by atoms with van der Waals surface area (Å²) >= 11 is 3.66. The monoisotopic (exact) mass is 320 g/mol. The van der Waals surface area contributed by atoms with Crippen molar-refractivity contribution in [3.05, 3.63) is 27.6 Å². The smallest absolute Gasteiger partial charge is 0.133 e. The Bertz CT molecular complexity index is 659. The Morgan fingerprint density at radius 1 is 1.24 bits per heavy atom. The van der Waals surface area contributed by atoms with E-state index in [1.54, 1.807) is 11.3 Å². The van der Waals surface area contributed by atoms with Crippen LogP contribution in [-0.4, -0.2) is 4.98 Å². The Hall–Kier alpha value is -0.710. The number of thiophene rings is 1. The van der Waals surface area contributed by atoms with Crippen LogP contribution in [0.4, 0.5) is 0 Å². The van der Waals surface area contributed by atoms with E-state index in [0.717, 1.165) is 17.8 Å². The molecule has 2 nitrogen and oxygen atoms in total. The zero-order valence-corrected chi connectivity index (χ0v) is 15.1. The Balaban J connectivity index is 1.97. The average molecular weight is 321 g/mol. The van der Waals surface area contributed by atoms with Crippen molar-refractivity contribution in [1.82, 2.24) is 4.98 Å². The number of thiazole rings is 1. The van der Waals surface area contributed by atoms with Gasteiger partial charge in [0.05, 0.1) is 10.6 Å². The van der Waals surface area contributed by atoms with E-state index >= 15 is 0 Å². The summed E-state index contributed by atoms with van der Waals surface area (Å²) in [6.45, 7) is 11.4. The largest absolute Gasteiger partial charge is 0.323 e. The summed E-state index contributed by atoms with van der Waals surface area (Å²) in [5.74, 6) is 0. The predicted molar refractivity (Wildman–Crippen MR) is 93.2 cm³/mol. The predicted octanol–water partition coefficient (Wildman–Crippen LogP) is 5.14. The minimum absolute atomic E-state index is 0.150. The maximum atomic E-state index is 6.36. The molecule has 0 aliphatic heterocycles. The number of fused-ring (bicyclic) bond motifs is 1. The topological polar surface area (TPSA) is 38.9 Å². The molecule has 2 aromatic rings. The molecule has 1 aliphatic carbocycles. The fourth-order valence-corrected chi connectivity index (χ4v) is 5.16. The summed E-state index contributed by atoms with van der Waals surface area (Å²) in [6.07, 6.45) is 2.10. The van der Waals surface area contributed by atoms with E-state index in [-0.39, 0.29) is 16.9 Å². The average Bonchev–Trinajstić information content (AvgIpc) is 2.90. The number of hydrogen-bond acceptors (Lipinski definition) is 4. The molecule has 0 radical (unpaired) electrons. The van der Waals surface area contributed by atoms with Crippen molar-refractivity contribution in [3.63, 3.8) is 0 Å². The lowest BCUT2D eigenvalue weighted by atomic mass is 9.77. The minimum atomic E-state index is 0.150. The molecule has 0 saturated carbocycles. The summed E-state index contributed by atoms with van der Waals surface area (Å²) in [5, 5.41) is 1.15. The second-order valence-electron chi connectivity index (χ2n) is 7.90. The van der Waals surface area contributed by atoms with Crippen LogP contribution in [0.3, 0.4) is 0 Å². The molecule has 1 atom stereocenters. The third-order valence-corrected chi connectivity index (χ3v) is 6.95. The van der Waals surface area contributed by atoms with Crippen LogP contribution in [0, 0.1) is 5.41 Å². The van der Waals surface area contributed by atoms with E-state index in [4.69, 9.17) is 10.7 Å². The van der Waals surface area contributed by atoms with Crippen molar-refractivity contribution in [3.8, 4) is 9.88 Å². The molecular formula is C17H24N2S2. The quantitative estimate of drug-likeness (QED) is 0.790. The number of nitrogens with two attached hydrogens (primary N) is 1. The van der Waals surface area contributed by atoms with Crippen LogP contribution >= 0.6 is 22.7 Å². The van der Waals surface area contributed by atoms with Crippen LogP contribution in [0.25, 0.3) is 9.88 Å². The first-order valence-electron chi connectivity index (χ1n) is 7.52. The molecule has 21 heavy (non-hydrogen) atoms. The van der Waals surface area contributed by atoms with Crippen molar-refractivity contribution in [1.29, 1.82) is 0 Å². The third kappa shape index (κ3) is 2.94. The zero-order chi connectivity index (χ0) is 15.4. The van der Waals surface area contributed by atoms with Gasteiger partial charge in [0.1, 0.15) is 5.01 Å². The molecule has 2 N–H and O–H groups in total. The van der Waals surface area contributed by atoms with Gasteiger partial charge in [0.25, 0.3) is 0 Å². The van der Waals surface area contributed by atoms with Gasteiger partial charge in [-0.15, -0.1) is 22.7 Å². The first kappa shape index (κ1) is 15.2. The maximum absolute atomic E-state index is 6.36. The summed E-state index contributed by atoms with van der Waals surface area (Å²) in [4.78, 5) is 8.91. The Labute approximate surface area is 135 Å². The van der Waals surface area contributed by atoms with E-state index in [1.165, 1.54) is 20.3 Å². The molecule has 0 fully saturated rings. The fourth-order valence-electron chi connectivity index (χ4n) is 2.95. The third-order valence-electron chi connectivity index (χ3n) is 4.04. The Morgan fingerprint density at radius 2 is 1.95 bits per heavy atom. The summed E-state index contributed by atoms with van der Waals surface area (Å²) in [6, 6.07) is 4.60. The van der Waals surface area contributed by atoms with Crippen LogP contribution in [-0.2, 0) is 11.8 Å². The lowest BCUT2D eigenvalue weighted by molar-refractivity contribution is 0.282. The molecule has 2 aromatic heterocycles. The summed E-state index contributed by atoms with van der Waals surface area (Å²) < 4.78 is 0. The molecule has 0 amide bonds. The van der Waals surface area contributed by atoms with Gasteiger partial charge in [0.2, 0.25) is 0 Å². The van der Waals surface area contributed by atoms with Crippen LogP contribution in [0.5, 0.6) is 0 Å². The number of hydrogen-bond donors (Lipinski definition) is 1. The normalized spacial score (nSPS) is 21.3. The van der Waals surface area contributed by atoms with Crippen LogP contribution in [0.1, 0.15) is 62.5 Å². The van der Waals surface area contributed by atoms with Gasteiger partial charge in [-0.3, -0.25) is 0 Å². The van der Waals surface area contributed by atoms with E-state index in [0.29, 0.717) is 0 Å². The van der Waals surface area contributed by atoms with E-state index < -0.39 is 0 Å². The zero-order valence-electron chi connectivity index (χ0n) is 13.5. The molecule has 1 unspecified atom stereocenters. The van der Waals surface area contributed by atoms with Crippen LogP contribution in [0.2, 0.25) is 0 Å². The molecule has 0 saturated heterocycles. The van der Waals surface area contributed by atoms with E-state index in [1.807, 2.05) is 11.3 Å². The molecule has 0 aromatic carbocycles. The van der Waals surface area contributed by atoms with Crippen molar-refractivity contribution in [2.45, 2.75) is 58.9 Å². The Morgan fingerprint density at radius 3 is 2.57 bits per heavy atom. The highest BCUT2D eigenvalue weighted by Gasteiger charge is 2.33. The number of aromatic nitrogens is 1.